The summed E-state index contributed by atoms with van der Waals surface area (Å²) in [6.07, 6.45) is 1.98. The third-order valence-corrected chi connectivity index (χ3v) is 5.80. The van der Waals surface area contributed by atoms with E-state index in [2.05, 4.69) is 5.10 Å². The van der Waals surface area contributed by atoms with E-state index in [1.807, 2.05) is 6.92 Å². The van der Waals surface area contributed by atoms with Gasteiger partial charge in [-0.1, -0.05) is 30.1 Å². The van der Waals surface area contributed by atoms with Crippen molar-refractivity contribution in [1.29, 1.82) is 0 Å². The van der Waals surface area contributed by atoms with E-state index in [0.29, 0.717) is 20.5 Å². The van der Waals surface area contributed by atoms with Crippen LogP contribution in [0.3, 0.4) is 0 Å². The number of carbonyl (C=O) groups is 1. The second kappa shape index (κ2) is 6.38. The number of nitrogens with one attached hydrogen (secondary N) is 1. The number of carbonyl (C=O) groups excluding carboxylic acids is 1. The Hall–Kier alpha value is -1.17. The first-order valence-electron chi connectivity index (χ1n) is 7.40. The number of aromatic nitrogens is 2. The highest BCUT2D eigenvalue weighted by Crippen LogP contribution is 2.41. The molecule has 0 saturated heterocycles. The number of H-pyrrole nitrogens is 1. The molecule has 1 fully saturated rings. The number of nitrogens with zero attached hydrogens (tertiary/aromatic N) is 1. The smallest absolute Gasteiger partial charge is 0.277 e. The lowest BCUT2D eigenvalue weighted by molar-refractivity contribution is 0.103. The molecule has 23 heavy (non-hydrogen) atoms. The Morgan fingerprint density at radius 2 is 2.09 bits per heavy atom. The van der Waals surface area contributed by atoms with E-state index >= 15 is 0 Å². The van der Waals surface area contributed by atoms with Crippen LogP contribution in [0.15, 0.2) is 21.8 Å². The van der Waals surface area contributed by atoms with E-state index < -0.39 is 0 Å². The van der Waals surface area contributed by atoms with Gasteiger partial charge in [0.25, 0.3) is 5.56 Å². The van der Waals surface area contributed by atoms with Crippen molar-refractivity contribution in [2.75, 3.05) is 5.75 Å². The summed E-state index contributed by atoms with van der Waals surface area (Å²) in [6.45, 7) is 1.99. The quantitative estimate of drug-likeness (QED) is 0.632. The van der Waals surface area contributed by atoms with Gasteiger partial charge in [-0.15, -0.1) is 11.8 Å². The number of aromatic amines is 1. The molecule has 0 spiro atoms. The minimum absolute atomic E-state index is 0.201. The standard InChI is InChI=1S/C16H16Cl2N2O2S/c1-3-23-15-10(17)7-6-9(12(15)18)14(21)11-13(8-4-5-8)19-20(2)16(11)22/h6-8,19H,3-5H2,1-2H3. The number of benzene rings is 1. The molecule has 4 nitrogen and oxygen atoms in total. The zero-order valence-corrected chi connectivity index (χ0v) is 15.1. The lowest BCUT2D eigenvalue weighted by atomic mass is 10.0. The van der Waals surface area contributed by atoms with Crippen molar-refractivity contribution < 1.29 is 4.79 Å². The predicted octanol–water partition coefficient (Wildman–Crippen LogP) is 4.24. The lowest BCUT2D eigenvalue weighted by Gasteiger charge is -2.09. The fourth-order valence-electron chi connectivity index (χ4n) is 2.58. The van der Waals surface area contributed by atoms with Crippen molar-refractivity contribution in [1.82, 2.24) is 9.78 Å². The number of thioether (sulfide) groups is 1. The molecule has 1 saturated carbocycles. The number of ketones is 1. The number of hydrogen-bond donors (Lipinski definition) is 1. The fraction of sp³-hybridized carbons (Fsp3) is 0.375. The van der Waals surface area contributed by atoms with Gasteiger partial charge in [-0.25, -0.2) is 0 Å². The molecule has 0 amide bonds. The Balaban J connectivity index is 2.12. The van der Waals surface area contributed by atoms with Crippen LogP contribution in [0.5, 0.6) is 0 Å². The SMILES string of the molecule is CCSc1c(Cl)ccc(C(=O)c2c(C3CC3)[nH]n(C)c2=O)c1Cl. The molecule has 0 unspecified atom stereocenters. The molecule has 0 radical (unpaired) electrons. The van der Waals surface area contributed by atoms with Gasteiger partial charge in [-0.3, -0.25) is 19.4 Å². The van der Waals surface area contributed by atoms with Gasteiger partial charge in [0.15, 0.2) is 0 Å². The maximum absolute atomic E-state index is 13.0. The molecule has 1 aliphatic carbocycles. The second-order valence-electron chi connectivity index (χ2n) is 5.54. The first-order chi connectivity index (χ1) is 11.0. The Morgan fingerprint density at radius 1 is 1.39 bits per heavy atom. The monoisotopic (exact) mass is 370 g/mol. The van der Waals surface area contributed by atoms with Crippen LogP contribution in [0.1, 0.15) is 47.3 Å². The van der Waals surface area contributed by atoms with E-state index in [0.717, 1.165) is 24.3 Å². The van der Waals surface area contributed by atoms with Crippen molar-refractivity contribution in [3.8, 4) is 0 Å². The summed E-state index contributed by atoms with van der Waals surface area (Å²) in [5, 5.41) is 3.84. The molecule has 2 aromatic rings. The normalized spacial score (nSPS) is 14.3. The molecule has 1 aliphatic rings. The predicted molar refractivity (Wildman–Crippen MR) is 94.3 cm³/mol. The number of rotatable bonds is 5. The van der Waals surface area contributed by atoms with Gasteiger partial charge < -0.3 is 0 Å². The van der Waals surface area contributed by atoms with Crippen LogP contribution in [-0.4, -0.2) is 21.3 Å². The summed E-state index contributed by atoms with van der Waals surface area (Å²) < 4.78 is 1.35. The zero-order valence-electron chi connectivity index (χ0n) is 12.8. The number of hydrogen-bond acceptors (Lipinski definition) is 3. The molecule has 122 valence electrons. The van der Waals surface area contributed by atoms with Gasteiger partial charge in [0.2, 0.25) is 5.78 Å². The molecule has 1 N–H and O–H groups in total. The van der Waals surface area contributed by atoms with Crippen LogP contribution in [0, 0.1) is 0 Å². The molecule has 3 rings (SSSR count). The van der Waals surface area contributed by atoms with Gasteiger partial charge in [-0.2, -0.15) is 0 Å². The minimum Gasteiger partial charge on any atom is -0.299 e. The van der Waals surface area contributed by atoms with E-state index in [1.165, 1.54) is 16.4 Å². The Bertz CT molecular complexity index is 837. The summed E-state index contributed by atoms with van der Waals surface area (Å²) in [7, 11) is 1.62. The van der Waals surface area contributed by atoms with Crippen LogP contribution in [0.25, 0.3) is 0 Å². The largest absolute Gasteiger partial charge is 0.299 e. The van der Waals surface area contributed by atoms with Crippen LogP contribution >= 0.6 is 35.0 Å². The highest BCUT2D eigenvalue weighted by Gasteiger charge is 2.33. The summed E-state index contributed by atoms with van der Waals surface area (Å²) in [5.74, 6) is 0.711. The van der Waals surface area contributed by atoms with Crippen molar-refractivity contribution >= 4 is 40.7 Å². The summed E-state index contributed by atoms with van der Waals surface area (Å²) in [4.78, 5) is 26.0. The van der Waals surface area contributed by atoms with Gasteiger partial charge in [0.1, 0.15) is 5.56 Å². The second-order valence-corrected chi connectivity index (χ2v) is 7.60. The third kappa shape index (κ3) is 2.97. The molecular weight excluding hydrogens is 355 g/mol. The first-order valence-corrected chi connectivity index (χ1v) is 9.14. The minimum atomic E-state index is -0.339. The number of aryl methyl sites for hydroxylation is 1. The van der Waals surface area contributed by atoms with E-state index in [-0.39, 0.29) is 22.8 Å². The van der Waals surface area contributed by atoms with Crippen LogP contribution in [0.2, 0.25) is 10.0 Å². The summed E-state index contributed by atoms with van der Waals surface area (Å²) >= 11 is 14.0. The Labute approximate surface area is 148 Å². The molecular formula is C16H16Cl2N2O2S. The van der Waals surface area contributed by atoms with Gasteiger partial charge >= 0.3 is 0 Å². The van der Waals surface area contributed by atoms with E-state index in [1.54, 1.807) is 19.2 Å². The van der Waals surface area contributed by atoms with Crippen LogP contribution in [0.4, 0.5) is 0 Å². The Morgan fingerprint density at radius 3 is 2.70 bits per heavy atom. The molecule has 0 aliphatic heterocycles. The third-order valence-electron chi connectivity index (χ3n) is 3.87. The van der Waals surface area contributed by atoms with Crippen molar-refractivity contribution in [3.63, 3.8) is 0 Å². The van der Waals surface area contributed by atoms with Crippen LogP contribution < -0.4 is 5.56 Å². The summed E-state index contributed by atoms with van der Waals surface area (Å²) in [6, 6.07) is 3.25. The van der Waals surface area contributed by atoms with E-state index in [9.17, 15) is 9.59 Å². The number of halogens is 2. The maximum atomic E-state index is 13.0. The molecule has 1 aromatic heterocycles. The molecule has 7 heteroatoms. The van der Waals surface area contributed by atoms with Crippen LogP contribution in [-0.2, 0) is 7.05 Å². The maximum Gasteiger partial charge on any atom is 0.277 e. The van der Waals surface area contributed by atoms with Crippen molar-refractivity contribution in [2.45, 2.75) is 30.6 Å². The highest BCUT2D eigenvalue weighted by molar-refractivity contribution is 7.99. The molecule has 1 heterocycles. The zero-order chi connectivity index (χ0) is 16.7. The topological polar surface area (TPSA) is 54.9 Å². The van der Waals surface area contributed by atoms with Crippen molar-refractivity contribution in [3.05, 3.63) is 49.4 Å². The molecule has 1 aromatic carbocycles. The average Bonchev–Trinajstić information content (AvgIpc) is 3.30. The van der Waals surface area contributed by atoms with E-state index in [4.69, 9.17) is 23.2 Å². The van der Waals surface area contributed by atoms with Crippen molar-refractivity contribution in [2.24, 2.45) is 7.05 Å². The average molecular weight is 371 g/mol. The van der Waals surface area contributed by atoms with Gasteiger partial charge in [0.05, 0.1) is 15.7 Å². The first kappa shape index (κ1) is 16.7. The highest BCUT2D eigenvalue weighted by atomic mass is 35.5. The fourth-order valence-corrected chi connectivity index (χ4v) is 4.09. The molecule has 0 bridgehead atoms. The molecule has 0 atom stereocenters. The summed E-state index contributed by atoms with van der Waals surface area (Å²) in [5.41, 5.74) is 0.933. The Kier molecular flexibility index (Phi) is 4.63. The van der Waals surface area contributed by atoms with Gasteiger partial charge in [-0.05, 0) is 30.7 Å². The van der Waals surface area contributed by atoms with Gasteiger partial charge in [0, 0.05) is 23.4 Å². The lowest BCUT2D eigenvalue weighted by Crippen LogP contribution is -2.20.